The molecule has 4 N–H and O–H groups in total. The maximum atomic E-state index is 12.1. The van der Waals surface area contributed by atoms with Crippen molar-refractivity contribution in [3.8, 4) is 0 Å². The van der Waals surface area contributed by atoms with Gasteiger partial charge in [0.15, 0.2) is 0 Å². The van der Waals surface area contributed by atoms with Crippen LogP contribution >= 0.6 is 0 Å². The molecule has 0 radical (unpaired) electrons. The number of anilines is 1. The minimum Gasteiger partial charge on any atom is -0.399 e. The number of nitrogens with one attached hydrogen (secondary N) is 2. The van der Waals surface area contributed by atoms with Crippen LogP contribution in [-0.4, -0.2) is 24.4 Å². The SMILES string of the molecule is Cc1ccc(N)cc1C(=O)NCC(=O)NC1CCCCC1. The fourth-order valence-corrected chi connectivity index (χ4v) is 2.67. The Morgan fingerprint density at radius 1 is 1.24 bits per heavy atom. The minimum absolute atomic E-state index is 0.00354. The molecule has 1 aliphatic rings. The number of hydrogen-bond acceptors (Lipinski definition) is 3. The first-order valence-electron chi connectivity index (χ1n) is 7.50. The summed E-state index contributed by atoms with van der Waals surface area (Å²) >= 11 is 0. The van der Waals surface area contributed by atoms with Crippen molar-refractivity contribution in [2.75, 3.05) is 12.3 Å². The lowest BCUT2D eigenvalue weighted by Crippen LogP contribution is -2.42. The van der Waals surface area contributed by atoms with E-state index < -0.39 is 0 Å². The fourth-order valence-electron chi connectivity index (χ4n) is 2.67. The van der Waals surface area contributed by atoms with E-state index in [0.29, 0.717) is 11.3 Å². The Labute approximate surface area is 125 Å². The number of nitrogens with two attached hydrogens (primary N) is 1. The van der Waals surface area contributed by atoms with Crippen LogP contribution in [0.5, 0.6) is 0 Å². The summed E-state index contributed by atoms with van der Waals surface area (Å²) in [6.45, 7) is 1.85. The zero-order chi connectivity index (χ0) is 15.2. The van der Waals surface area contributed by atoms with E-state index in [1.807, 2.05) is 6.92 Å². The van der Waals surface area contributed by atoms with Gasteiger partial charge in [0.05, 0.1) is 6.54 Å². The van der Waals surface area contributed by atoms with Crippen molar-refractivity contribution >= 4 is 17.5 Å². The zero-order valence-corrected chi connectivity index (χ0v) is 12.4. The van der Waals surface area contributed by atoms with E-state index in [0.717, 1.165) is 18.4 Å². The molecular formula is C16H23N3O2. The highest BCUT2D eigenvalue weighted by Crippen LogP contribution is 2.17. The van der Waals surface area contributed by atoms with E-state index in [-0.39, 0.29) is 24.4 Å². The fraction of sp³-hybridized carbons (Fsp3) is 0.500. The number of rotatable bonds is 4. The second-order valence-electron chi connectivity index (χ2n) is 5.66. The van der Waals surface area contributed by atoms with Crippen molar-refractivity contribution in [3.63, 3.8) is 0 Å². The average molecular weight is 289 g/mol. The van der Waals surface area contributed by atoms with Gasteiger partial charge in [-0.1, -0.05) is 25.3 Å². The van der Waals surface area contributed by atoms with Crippen molar-refractivity contribution in [2.45, 2.75) is 45.1 Å². The lowest BCUT2D eigenvalue weighted by atomic mass is 9.95. The molecule has 0 aliphatic heterocycles. The van der Waals surface area contributed by atoms with E-state index in [4.69, 9.17) is 5.73 Å². The Morgan fingerprint density at radius 2 is 1.95 bits per heavy atom. The molecule has 2 rings (SSSR count). The summed E-state index contributed by atoms with van der Waals surface area (Å²) < 4.78 is 0. The molecule has 0 spiro atoms. The molecule has 1 aromatic carbocycles. The van der Waals surface area contributed by atoms with Gasteiger partial charge in [-0.25, -0.2) is 0 Å². The van der Waals surface area contributed by atoms with Crippen LogP contribution < -0.4 is 16.4 Å². The van der Waals surface area contributed by atoms with Crippen molar-refractivity contribution in [1.82, 2.24) is 10.6 Å². The molecule has 0 unspecified atom stereocenters. The van der Waals surface area contributed by atoms with Gasteiger partial charge in [-0.05, 0) is 37.5 Å². The molecule has 0 atom stereocenters. The van der Waals surface area contributed by atoms with Gasteiger partial charge < -0.3 is 16.4 Å². The third-order valence-corrected chi connectivity index (χ3v) is 3.89. The standard InChI is InChI=1S/C16H23N3O2/c1-11-7-8-12(17)9-14(11)16(21)18-10-15(20)19-13-5-3-2-4-6-13/h7-9,13H,2-6,10,17H2,1H3,(H,18,21)(H,19,20). The van der Waals surface area contributed by atoms with Gasteiger partial charge in [0.1, 0.15) is 0 Å². The summed E-state index contributed by atoms with van der Waals surface area (Å²) in [5, 5.41) is 5.62. The van der Waals surface area contributed by atoms with Crippen molar-refractivity contribution < 1.29 is 9.59 Å². The molecule has 1 saturated carbocycles. The Hall–Kier alpha value is -2.04. The molecule has 5 heteroatoms. The van der Waals surface area contributed by atoms with E-state index >= 15 is 0 Å². The summed E-state index contributed by atoms with van der Waals surface area (Å²) in [5.41, 5.74) is 7.58. The summed E-state index contributed by atoms with van der Waals surface area (Å²) in [4.78, 5) is 23.9. The number of carbonyl (C=O) groups is 2. The van der Waals surface area contributed by atoms with Gasteiger partial charge in [0.25, 0.3) is 5.91 Å². The van der Waals surface area contributed by atoms with Gasteiger partial charge in [-0.15, -0.1) is 0 Å². The van der Waals surface area contributed by atoms with Gasteiger partial charge in [0, 0.05) is 17.3 Å². The predicted molar refractivity (Wildman–Crippen MR) is 82.9 cm³/mol. The zero-order valence-electron chi connectivity index (χ0n) is 12.4. The Bertz CT molecular complexity index is 522. The molecule has 0 saturated heterocycles. The molecule has 1 aromatic rings. The quantitative estimate of drug-likeness (QED) is 0.738. The number of amides is 2. The third kappa shape index (κ3) is 4.48. The number of hydrogen-bond donors (Lipinski definition) is 3. The molecule has 21 heavy (non-hydrogen) atoms. The van der Waals surface area contributed by atoms with Crippen LogP contribution in [0.1, 0.15) is 48.0 Å². The van der Waals surface area contributed by atoms with Crippen LogP contribution in [0.25, 0.3) is 0 Å². The monoisotopic (exact) mass is 289 g/mol. The largest absolute Gasteiger partial charge is 0.399 e. The van der Waals surface area contributed by atoms with Gasteiger partial charge in [0.2, 0.25) is 5.91 Å². The van der Waals surface area contributed by atoms with E-state index in [9.17, 15) is 9.59 Å². The summed E-state index contributed by atoms with van der Waals surface area (Å²) in [6.07, 6.45) is 5.65. The molecule has 1 aliphatic carbocycles. The normalized spacial score (nSPS) is 15.5. The number of carbonyl (C=O) groups excluding carboxylic acids is 2. The van der Waals surface area contributed by atoms with Crippen LogP contribution in [0.2, 0.25) is 0 Å². The summed E-state index contributed by atoms with van der Waals surface area (Å²) in [5.74, 6) is -0.393. The first-order chi connectivity index (χ1) is 10.1. The molecule has 0 bridgehead atoms. The van der Waals surface area contributed by atoms with Gasteiger partial charge in [-0.3, -0.25) is 9.59 Å². The maximum Gasteiger partial charge on any atom is 0.252 e. The highest BCUT2D eigenvalue weighted by atomic mass is 16.2. The minimum atomic E-state index is -0.265. The molecular weight excluding hydrogens is 266 g/mol. The lowest BCUT2D eigenvalue weighted by molar-refractivity contribution is -0.121. The second-order valence-corrected chi connectivity index (χ2v) is 5.66. The van der Waals surface area contributed by atoms with E-state index in [2.05, 4.69) is 10.6 Å². The van der Waals surface area contributed by atoms with Crippen LogP contribution in [0.4, 0.5) is 5.69 Å². The Balaban J connectivity index is 1.82. The predicted octanol–water partition coefficient (Wildman–Crippen LogP) is 1.76. The number of benzene rings is 1. The third-order valence-electron chi connectivity index (χ3n) is 3.89. The molecule has 2 amide bonds. The van der Waals surface area contributed by atoms with Crippen molar-refractivity contribution in [2.24, 2.45) is 0 Å². The van der Waals surface area contributed by atoms with E-state index in [1.54, 1.807) is 18.2 Å². The maximum absolute atomic E-state index is 12.1. The highest BCUT2D eigenvalue weighted by molar-refractivity contribution is 5.98. The molecule has 1 fully saturated rings. The smallest absolute Gasteiger partial charge is 0.252 e. The van der Waals surface area contributed by atoms with Crippen LogP contribution in [0, 0.1) is 6.92 Å². The van der Waals surface area contributed by atoms with Crippen LogP contribution in [0.3, 0.4) is 0 Å². The molecule has 5 nitrogen and oxygen atoms in total. The van der Waals surface area contributed by atoms with Crippen molar-refractivity contribution in [1.29, 1.82) is 0 Å². The Morgan fingerprint density at radius 3 is 2.67 bits per heavy atom. The number of aryl methyl sites for hydroxylation is 1. The van der Waals surface area contributed by atoms with Crippen LogP contribution in [-0.2, 0) is 4.79 Å². The molecule has 0 heterocycles. The van der Waals surface area contributed by atoms with E-state index in [1.165, 1.54) is 19.3 Å². The topological polar surface area (TPSA) is 84.2 Å². The second kappa shape index (κ2) is 7.11. The molecule has 114 valence electrons. The summed E-state index contributed by atoms with van der Waals surface area (Å²) in [6, 6.07) is 5.44. The number of nitrogen functional groups attached to an aromatic ring is 1. The van der Waals surface area contributed by atoms with Gasteiger partial charge >= 0.3 is 0 Å². The first kappa shape index (κ1) is 15.4. The Kier molecular flexibility index (Phi) is 5.20. The first-order valence-corrected chi connectivity index (χ1v) is 7.50. The van der Waals surface area contributed by atoms with Crippen LogP contribution in [0.15, 0.2) is 18.2 Å². The summed E-state index contributed by atoms with van der Waals surface area (Å²) in [7, 11) is 0. The molecule has 0 aromatic heterocycles. The van der Waals surface area contributed by atoms with Gasteiger partial charge in [-0.2, -0.15) is 0 Å². The van der Waals surface area contributed by atoms with Crippen molar-refractivity contribution in [3.05, 3.63) is 29.3 Å². The lowest BCUT2D eigenvalue weighted by Gasteiger charge is -2.22. The average Bonchev–Trinajstić information content (AvgIpc) is 2.48. The highest BCUT2D eigenvalue weighted by Gasteiger charge is 2.16.